The number of nitrogens with one attached hydrogen (secondary N) is 1. The lowest BCUT2D eigenvalue weighted by Crippen LogP contribution is -2.55. The molecule has 1 aliphatic carbocycles. The van der Waals surface area contributed by atoms with E-state index in [2.05, 4.69) is 50.4 Å². The Morgan fingerprint density at radius 3 is 2.77 bits per heavy atom. The lowest BCUT2D eigenvalue weighted by Gasteiger charge is -2.48. The molecule has 0 saturated heterocycles. The van der Waals surface area contributed by atoms with Crippen LogP contribution in [0.15, 0.2) is 40.9 Å². The Hall–Kier alpha value is -1.90. The number of nitrogens with zero attached hydrogens (tertiary/aromatic N) is 1. The number of anilines is 1. The maximum absolute atomic E-state index is 12.5. The molecular formula is C19H22N2O. The van der Waals surface area contributed by atoms with Crippen LogP contribution in [-0.4, -0.2) is 23.1 Å². The van der Waals surface area contributed by atoms with E-state index in [4.69, 9.17) is 4.99 Å². The number of para-hydroxylation sites is 1. The molecule has 4 rings (SSSR count). The molecule has 0 unspecified atom stereocenters. The molecule has 3 aliphatic rings. The minimum Gasteiger partial charge on any atom is -0.380 e. The summed E-state index contributed by atoms with van der Waals surface area (Å²) in [5.74, 6) is 0.226. The summed E-state index contributed by atoms with van der Waals surface area (Å²) >= 11 is 0. The van der Waals surface area contributed by atoms with Gasteiger partial charge in [-0.05, 0) is 38.8 Å². The van der Waals surface area contributed by atoms with Gasteiger partial charge in [0.05, 0.1) is 22.7 Å². The van der Waals surface area contributed by atoms with Crippen LogP contribution in [0.1, 0.15) is 39.7 Å². The van der Waals surface area contributed by atoms with Crippen LogP contribution in [0.4, 0.5) is 5.69 Å². The third kappa shape index (κ3) is 1.62. The van der Waals surface area contributed by atoms with Crippen molar-refractivity contribution in [1.82, 2.24) is 0 Å². The molecule has 1 spiro atoms. The third-order valence-corrected chi connectivity index (χ3v) is 5.40. The predicted molar refractivity (Wildman–Crippen MR) is 89.4 cm³/mol. The Labute approximate surface area is 131 Å². The number of benzene rings is 1. The average Bonchev–Trinajstić information content (AvgIpc) is 2.74. The number of hydrogen-bond donors (Lipinski definition) is 1. The van der Waals surface area contributed by atoms with Gasteiger partial charge in [-0.2, -0.15) is 0 Å². The fourth-order valence-electron chi connectivity index (χ4n) is 4.67. The van der Waals surface area contributed by atoms with Crippen LogP contribution in [0, 0.1) is 11.3 Å². The first-order chi connectivity index (χ1) is 10.3. The van der Waals surface area contributed by atoms with Crippen molar-refractivity contribution < 1.29 is 4.79 Å². The van der Waals surface area contributed by atoms with Gasteiger partial charge in [0.25, 0.3) is 0 Å². The summed E-state index contributed by atoms with van der Waals surface area (Å²) in [6.45, 7) is 8.39. The molecule has 1 N–H and O–H groups in total. The van der Waals surface area contributed by atoms with E-state index >= 15 is 0 Å². The zero-order valence-electron chi connectivity index (χ0n) is 13.6. The minimum atomic E-state index is -0.157. The zero-order chi connectivity index (χ0) is 15.7. The van der Waals surface area contributed by atoms with Crippen molar-refractivity contribution in [2.75, 3.05) is 5.32 Å². The fraction of sp³-hybridized carbons (Fsp3) is 0.474. The van der Waals surface area contributed by atoms with Gasteiger partial charge in [0.15, 0.2) is 5.78 Å². The number of fused-ring (bicyclic) bond motifs is 2. The molecule has 1 aromatic carbocycles. The van der Waals surface area contributed by atoms with Crippen LogP contribution in [0.3, 0.4) is 0 Å². The van der Waals surface area contributed by atoms with Crippen LogP contribution >= 0.6 is 0 Å². The van der Waals surface area contributed by atoms with Crippen molar-refractivity contribution in [2.45, 2.75) is 45.7 Å². The monoisotopic (exact) mass is 294 g/mol. The highest BCUT2D eigenvalue weighted by Gasteiger charge is 2.57. The molecule has 22 heavy (non-hydrogen) atoms. The van der Waals surface area contributed by atoms with Gasteiger partial charge in [0.1, 0.15) is 0 Å². The van der Waals surface area contributed by atoms with Crippen LogP contribution < -0.4 is 5.32 Å². The van der Waals surface area contributed by atoms with Gasteiger partial charge in [0.2, 0.25) is 0 Å². The molecule has 0 radical (unpaired) electrons. The van der Waals surface area contributed by atoms with Crippen molar-refractivity contribution in [3.05, 3.63) is 41.5 Å². The topological polar surface area (TPSA) is 41.5 Å². The molecule has 0 amide bonds. The lowest BCUT2D eigenvalue weighted by molar-refractivity contribution is -0.120. The summed E-state index contributed by atoms with van der Waals surface area (Å²) in [6, 6.07) is 8.44. The van der Waals surface area contributed by atoms with Crippen LogP contribution in [0.25, 0.3) is 0 Å². The van der Waals surface area contributed by atoms with E-state index < -0.39 is 0 Å². The smallest absolute Gasteiger partial charge is 0.163 e. The quantitative estimate of drug-likeness (QED) is 0.794. The summed E-state index contributed by atoms with van der Waals surface area (Å²) in [7, 11) is 0. The number of hydrogen-bond acceptors (Lipinski definition) is 3. The first-order valence-electron chi connectivity index (χ1n) is 8.04. The second-order valence-electron chi connectivity index (χ2n) is 7.64. The first-order valence-corrected chi connectivity index (χ1v) is 8.04. The molecule has 1 aromatic rings. The van der Waals surface area contributed by atoms with Gasteiger partial charge in [-0.15, -0.1) is 0 Å². The molecular weight excluding hydrogens is 272 g/mol. The first kappa shape index (κ1) is 13.7. The molecule has 3 nitrogen and oxygen atoms in total. The van der Waals surface area contributed by atoms with Gasteiger partial charge in [-0.3, -0.25) is 9.79 Å². The molecule has 3 heteroatoms. The molecule has 2 aliphatic heterocycles. The van der Waals surface area contributed by atoms with E-state index in [-0.39, 0.29) is 28.7 Å². The van der Waals surface area contributed by atoms with Crippen molar-refractivity contribution in [3.8, 4) is 0 Å². The summed E-state index contributed by atoms with van der Waals surface area (Å²) in [6.07, 6.45) is 3.15. The predicted octanol–water partition coefficient (Wildman–Crippen LogP) is 3.60. The second-order valence-corrected chi connectivity index (χ2v) is 7.64. The molecule has 2 heterocycles. The molecule has 0 aromatic heterocycles. The van der Waals surface area contributed by atoms with Crippen LogP contribution in [0.5, 0.6) is 0 Å². The zero-order valence-corrected chi connectivity index (χ0v) is 13.6. The largest absolute Gasteiger partial charge is 0.380 e. The number of carbonyl (C=O) groups excluding carboxylic acids is 1. The highest BCUT2D eigenvalue weighted by molar-refractivity contribution is 6.15. The number of allylic oxidation sites excluding steroid dienone is 1. The number of carbonyl (C=O) groups is 1. The Morgan fingerprint density at radius 1 is 1.27 bits per heavy atom. The standard InChI is InChI=1S/C19H22N2O/c1-11-9-19-10-18(3,4)21-17(19)13-7-5-6-8-14(13)20-16(19)12(2)15(11)22/h5-9,12,16,20H,10H2,1-4H3/t12-,16-,19-/m0/s1. The molecule has 0 fully saturated rings. The van der Waals surface area contributed by atoms with Crippen molar-refractivity contribution in [1.29, 1.82) is 0 Å². The Morgan fingerprint density at radius 2 is 2.00 bits per heavy atom. The fourth-order valence-corrected chi connectivity index (χ4v) is 4.67. The molecule has 0 bridgehead atoms. The van der Waals surface area contributed by atoms with Crippen LogP contribution in [0.2, 0.25) is 0 Å². The second kappa shape index (κ2) is 4.09. The molecule has 114 valence electrons. The van der Waals surface area contributed by atoms with Gasteiger partial charge in [0, 0.05) is 17.2 Å². The summed E-state index contributed by atoms with van der Waals surface area (Å²) in [5.41, 5.74) is 4.09. The number of Topliss-reactive ketones (excluding diaryl/α,β-unsaturated/α-hetero) is 1. The summed E-state index contributed by atoms with van der Waals surface area (Å²) in [5, 5.41) is 3.65. The molecule has 0 saturated carbocycles. The molecule has 3 atom stereocenters. The normalized spacial score (nSPS) is 34.8. The van der Waals surface area contributed by atoms with E-state index in [1.807, 2.05) is 13.0 Å². The number of ketones is 1. The highest BCUT2D eigenvalue weighted by Crippen LogP contribution is 2.54. The van der Waals surface area contributed by atoms with E-state index in [1.165, 1.54) is 5.56 Å². The summed E-state index contributed by atoms with van der Waals surface area (Å²) in [4.78, 5) is 17.6. The van der Waals surface area contributed by atoms with E-state index in [0.717, 1.165) is 23.4 Å². The Balaban J connectivity index is 2.01. The lowest BCUT2D eigenvalue weighted by atomic mass is 9.60. The maximum atomic E-state index is 12.5. The van der Waals surface area contributed by atoms with Crippen molar-refractivity contribution in [2.24, 2.45) is 16.3 Å². The minimum absolute atomic E-state index is 0.0301. The maximum Gasteiger partial charge on any atom is 0.163 e. The summed E-state index contributed by atoms with van der Waals surface area (Å²) < 4.78 is 0. The van der Waals surface area contributed by atoms with Gasteiger partial charge < -0.3 is 5.32 Å². The number of aliphatic imine (C=N–C) groups is 1. The highest BCUT2D eigenvalue weighted by atomic mass is 16.1. The average molecular weight is 294 g/mol. The van der Waals surface area contributed by atoms with E-state index in [9.17, 15) is 4.79 Å². The van der Waals surface area contributed by atoms with Gasteiger partial charge >= 0.3 is 0 Å². The van der Waals surface area contributed by atoms with Crippen LogP contribution in [-0.2, 0) is 4.79 Å². The van der Waals surface area contributed by atoms with Crippen molar-refractivity contribution >= 4 is 17.2 Å². The van der Waals surface area contributed by atoms with Crippen molar-refractivity contribution in [3.63, 3.8) is 0 Å². The SMILES string of the molecule is CC1=C[C@@]23CC(C)(C)N=C2c2ccccc2N[C@H]3[C@@H](C)C1=O. The van der Waals surface area contributed by atoms with E-state index in [0.29, 0.717) is 0 Å². The van der Waals surface area contributed by atoms with Gasteiger partial charge in [-0.25, -0.2) is 0 Å². The van der Waals surface area contributed by atoms with Gasteiger partial charge in [-0.1, -0.05) is 31.2 Å². The third-order valence-electron chi connectivity index (χ3n) is 5.40. The Bertz CT molecular complexity index is 744. The Kier molecular flexibility index (Phi) is 2.56. The number of rotatable bonds is 0. The van der Waals surface area contributed by atoms with E-state index in [1.54, 1.807) is 0 Å².